The number of aromatic amines is 1. The van der Waals surface area contributed by atoms with E-state index < -0.39 is 5.41 Å². The van der Waals surface area contributed by atoms with E-state index in [1.54, 1.807) is 4.68 Å². The Morgan fingerprint density at radius 3 is 2.75 bits per heavy atom. The van der Waals surface area contributed by atoms with Crippen LogP contribution in [0.4, 0.5) is 5.00 Å². The summed E-state index contributed by atoms with van der Waals surface area (Å²) in [5, 5.41) is 25.1. The molecule has 1 saturated heterocycles. The molecule has 0 bridgehead atoms. The fourth-order valence-electron chi connectivity index (χ4n) is 8.10. The molecule has 0 aromatic carbocycles. The number of likely N-dealkylation sites (tertiary alicyclic amines) is 1. The van der Waals surface area contributed by atoms with E-state index in [9.17, 15) is 10.1 Å². The third-order valence-electron chi connectivity index (χ3n) is 10.1. The number of anilines is 1. The Kier molecular flexibility index (Phi) is 6.12. The van der Waals surface area contributed by atoms with E-state index in [2.05, 4.69) is 40.2 Å². The van der Waals surface area contributed by atoms with Crippen molar-refractivity contribution in [3.05, 3.63) is 49.9 Å². The first-order chi connectivity index (χ1) is 21.3. The van der Waals surface area contributed by atoms with E-state index in [0.29, 0.717) is 44.5 Å². The van der Waals surface area contributed by atoms with E-state index in [-0.39, 0.29) is 17.6 Å². The molecule has 2 aliphatic carbocycles. The standard InChI is InChI=1S/C31H34N10O2S/c1-16(20-8-6-13-39(20)2)41-29-22(25(37-41)19-10-14-40(3)36-19)30(42)35-28(34-29)24-17-7-4-11-31(26(17)43-38-24)12-5-9-21-23(31)18(15-32)27(33)44-21/h10,14,16,20H,4-9,11-13,33H2,1-3H3,(H,34,35,42)/t16-,20-,31-/m0/s1. The van der Waals surface area contributed by atoms with E-state index in [0.717, 1.165) is 74.8 Å². The number of nitriles is 1. The average Bonchev–Trinajstić information content (AvgIpc) is 3.83. The van der Waals surface area contributed by atoms with Crippen molar-refractivity contribution < 1.29 is 4.52 Å². The van der Waals surface area contributed by atoms with Gasteiger partial charge in [0.25, 0.3) is 5.56 Å². The second kappa shape index (κ2) is 9.87. The second-order valence-electron chi connectivity index (χ2n) is 12.6. The number of rotatable bonds is 4. The first-order valence-electron chi connectivity index (χ1n) is 15.3. The molecule has 3 N–H and O–H groups in total. The molecule has 0 saturated carbocycles. The lowest BCUT2D eigenvalue weighted by molar-refractivity contribution is 0.232. The van der Waals surface area contributed by atoms with Crippen molar-refractivity contribution in [3.8, 4) is 29.0 Å². The van der Waals surface area contributed by atoms with Crippen LogP contribution in [0.25, 0.3) is 33.9 Å². The van der Waals surface area contributed by atoms with Gasteiger partial charge in [0.2, 0.25) is 0 Å². The van der Waals surface area contributed by atoms with Crippen LogP contribution in [0.5, 0.6) is 0 Å². The maximum Gasteiger partial charge on any atom is 0.263 e. The number of aryl methyl sites for hydroxylation is 2. The van der Waals surface area contributed by atoms with E-state index >= 15 is 0 Å². The molecular formula is C31H34N10O2S. The molecule has 5 aromatic heterocycles. The van der Waals surface area contributed by atoms with Gasteiger partial charge in [0, 0.05) is 29.7 Å². The Labute approximate surface area is 257 Å². The van der Waals surface area contributed by atoms with Gasteiger partial charge in [-0.1, -0.05) is 5.16 Å². The molecule has 226 valence electrons. The minimum absolute atomic E-state index is 0.0202. The van der Waals surface area contributed by atoms with Crippen molar-refractivity contribution in [2.75, 3.05) is 19.3 Å². The lowest BCUT2D eigenvalue weighted by Gasteiger charge is -2.39. The maximum atomic E-state index is 13.9. The minimum atomic E-state index is -0.453. The lowest BCUT2D eigenvalue weighted by Crippen LogP contribution is -2.35. The molecule has 12 nitrogen and oxygen atoms in total. The van der Waals surface area contributed by atoms with Gasteiger partial charge in [-0.3, -0.25) is 9.48 Å². The van der Waals surface area contributed by atoms with Crippen LogP contribution >= 0.6 is 11.3 Å². The summed E-state index contributed by atoms with van der Waals surface area (Å²) in [6, 6.07) is 4.49. The third kappa shape index (κ3) is 3.80. The summed E-state index contributed by atoms with van der Waals surface area (Å²) >= 11 is 1.52. The highest BCUT2D eigenvalue weighted by Crippen LogP contribution is 2.55. The van der Waals surface area contributed by atoms with Crippen LogP contribution < -0.4 is 11.3 Å². The second-order valence-corrected chi connectivity index (χ2v) is 13.7. The van der Waals surface area contributed by atoms with Crippen LogP contribution in [-0.4, -0.2) is 59.2 Å². The van der Waals surface area contributed by atoms with Crippen molar-refractivity contribution in [1.29, 1.82) is 5.26 Å². The van der Waals surface area contributed by atoms with E-state index in [4.69, 9.17) is 20.3 Å². The number of likely N-dealkylation sites (N-methyl/N-ethyl adjacent to an activating group) is 1. The highest BCUT2D eigenvalue weighted by Gasteiger charge is 2.49. The Morgan fingerprint density at radius 2 is 2.02 bits per heavy atom. The Bertz CT molecular complexity index is 2040. The number of nitrogens with zero attached hydrogens (tertiary/aromatic N) is 8. The third-order valence-corrected chi connectivity index (χ3v) is 11.2. The van der Waals surface area contributed by atoms with Gasteiger partial charge in [-0.25, -0.2) is 9.67 Å². The average molecular weight is 611 g/mol. The fourth-order valence-corrected chi connectivity index (χ4v) is 9.26. The molecule has 0 amide bonds. The number of hydrogen-bond donors (Lipinski definition) is 2. The molecule has 8 rings (SSSR count). The van der Waals surface area contributed by atoms with Gasteiger partial charge >= 0.3 is 0 Å². The summed E-state index contributed by atoms with van der Waals surface area (Å²) in [6.45, 7) is 3.17. The monoisotopic (exact) mass is 610 g/mol. The molecule has 1 spiro atoms. The number of thiophene rings is 1. The van der Waals surface area contributed by atoms with Crippen LogP contribution in [0.3, 0.4) is 0 Å². The normalized spacial score (nSPS) is 22.4. The largest absolute Gasteiger partial charge is 0.389 e. The predicted molar refractivity (Wildman–Crippen MR) is 166 cm³/mol. The molecule has 3 aliphatic rings. The van der Waals surface area contributed by atoms with Gasteiger partial charge < -0.3 is 20.1 Å². The highest BCUT2D eigenvalue weighted by atomic mass is 32.1. The highest BCUT2D eigenvalue weighted by molar-refractivity contribution is 7.16. The van der Waals surface area contributed by atoms with Crippen molar-refractivity contribution in [3.63, 3.8) is 0 Å². The lowest BCUT2D eigenvalue weighted by atomic mass is 9.63. The van der Waals surface area contributed by atoms with Crippen LogP contribution in [0.2, 0.25) is 0 Å². The molecule has 6 heterocycles. The molecule has 1 aliphatic heterocycles. The molecule has 3 atom stereocenters. The minimum Gasteiger partial charge on any atom is -0.389 e. The van der Waals surface area contributed by atoms with Crippen LogP contribution in [-0.2, 0) is 25.3 Å². The molecule has 1 fully saturated rings. The first kappa shape index (κ1) is 27.3. The zero-order valence-corrected chi connectivity index (χ0v) is 25.9. The van der Waals surface area contributed by atoms with Crippen molar-refractivity contribution in [2.24, 2.45) is 7.05 Å². The number of nitrogens with two attached hydrogens (primary N) is 1. The van der Waals surface area contributed by atoms with Gasteiger partial charge in [-0.15, -0.1) is 11.3 Å². The van der Waals surface area contributed by atoms with Gasteiger partial charge in [-0.05, 0) is 83.5 Å². The quantitative estimate of drug-likeness (QED) is 0.302. The molecular weight excluding hydrogens is 576 g/mol. The summed E-state index contributed by atoms with van der Waals surface area (Å²) in [4.78, 5) is 25.6. The smallest absolute Gasteiger partial charge is 0.263 e. The number of hydrogen-bond acceptors (Lipinski definition) is 10. The molecule has 5 aromatic rings. The topological polar surface area (TPSA) is 160 Å². The molecule has 0 radical (unpaired) electrons. The van der Waals surface area contributed by atoms with Crippen molar-refractivity contribution in [1.82, 2.24) is 39.6 Å². The first-order valence-corrected chi connectivity index (χ1v) is 16.2. The Morgan fingerprint density at radius 1 is 1.20 bits per heavy atom. The SMILES string of the molecule is C[C@@H]([C@@H]1CCCN1C)n1nc(-c2ccn(C)n2)c2c(=O)[nH]c(-c3noc4c3CCC[C@@]43CCCc4sc(N)c(C#N)c43)nc21. The summed E-state index contributed by atoms with van der Waals surface area (Å²) < 4.78 is 9.81. The van der Waals surface area contributed by atoms with Crippen molar-refractivity contribution >= 4 is 27.4 Å². The molecule has 44 heavy (non-hydrogen) atoms. The summed E-state index contributed by atoms with van der Waals surface area (Å²) in [6.07, 6.45) is 9.28. The number of fused-ring (bicyclic) bond motifs is 5. The van der Waals surface area contributed by atoms with Crippen LogP contribution in [0.15, 0.2) is 21.6 Å². The zero-order chi connectivity index (χ0) is 30.3. The Balaban J connectivity index is 1.31. The van der Waals surface area contributed by atoms with Crippen LogP contribution in [0.1, 0.15) is 78.8 Å². The maximum absolute atomic E-state index is 13.9. The van der Waals surface area contributed by atoms with Gasteiger partial charge in [0.05, 0.1) is 17.0 Å². The van der Waals surface area contributed by atoms with E-state index in [1.807, 2.05) is 24.0 Å². The zero-order valence-electron chi connectivity index (χ0n) is 25.1. The summed E-state index contributed by atoms with van der Waals surface area (Å²) in [5.74, 6) is 1.15. The number of nitrogen functional groups attached to an aromatic ring is 1. The number of aromatic nitrogens is 7. The van der Waals surface area contributed by atoms with Crippen LogP contribution in [0, 0.1) is 11.3 Å². The van der Waals surface area contributed by atoms with Gasteiger partial charge in [0.15, 0.2) is 22.9 Å². The molecule has 0 unspecified atom stereocenters. The molecule has 13 heteroatoms. The predicted octanol–water partition coefficient (Wildman–Crippen LogP) is 4.30. The van der Waals surface area contributed by atoms with Gasteiger partial charge in [0.1, 0.15) is 27.8 Å². The number of H-pyrrole nitrogens is 1. The van der Waals surface area contributed by atoms with Crippen molar-refractivity contribution in [2.45, 2.75) is 75.8 Å². The number of nitrogens with one attached hydrogen (secondary N) is 1. The Hall–Kier alpha value is -4.28. The van der Waals surface area contributed by atoms with E-state index in [1.165, 1.54) is 16.2 Å². The fraction of sp³-hybridized carbons (Fsp3) is 0.484. The summed E-state index contributed by atoms with van der Waals surface area (Å²) in [7, 11) is 3.98. The van der Waals surface area contributed by atoms with Gasteiger partial charge in [-0.2, -0.15) is 15.5 Å². The summed E-state index contributed by atoms with van der Waals surface area (Å²) in [5.41, 5.74) is 10.3.